The SMILES string of the molecule is Cc1ccc([C@H](CC(=O)O)c2ccc3c(nnn3C)c2C)cc1CN(C)[S+]([O-])c1ccccc1. The van der Waals surface area contributed by atoms with Gasteiger partial charge in [0.25, 0.3) is 0 Å². The molecule has 1 heterocycles. The lowest BCUT2D eigenvalue weighted by atomic mass is 9.84. The van der Waals surface area contributed by atoms with Crippen LogP contribution in [0.3, 0.4) is 0 Å². The number of carboxylic acids is 1. The van der Waals surface area contributed by atoms with Crippen molar-refractivity contribution in [3.63, 3.8) is 0 Å². The highest BCUT2D eigenvalue weighted by atomic mass is 32.2. The largest absolute Gasteiger partial charge is 0.593 e. The highest BCUT2D eigenvalue weighted by Gasteiger charge is 2.24. The molecule has 1 aromatic heterocycles. The van der Waals surface area contributed by atoms with Crippen LogP contribution in [-0.2, 0) is 29.7 Å². The molecule has 0 radical (unpaired) electrons. The Labute approximate surface area is 202 Å². The number of hydrogen-bond donors (Lipinski definition) is 1. The molecule has 0 spiro atoms. The summed E-state index contributed by atoms with van der Waals surface area (Å²) in [5.74, 6) is -1.21. The van der Waals surface area contributed by atoms with Gasteiger partial charge in [-0.25, -0.2) is 4.68 Å². The lowest BCUT2D eigenvalue weighted by Gasteiger charge is -2.23. The first-order valence-corrected chi connectivity index (χ1v) is 12.1. The molecule has 0 aliphatic carbocycles. The number of benzene rings is 3. The first kappa shape index (κ1) is 23.9. The van der Waals surface area contributed by atoms with Crippen molar-refractivity contribution in [3.05, 3.63) is 88.5 Å². The fourth-order valence-corrected chi connectivity index (χ4v) is 5.31. The van der Waals surface area contributed by atoms with E-state index in [0.29, 0.717) is 6.54 Å². The van der Waals surface area contributed by atoms with Crippen LogP contribution in [0, 0.1) is 13.8 Å². The summed E-state index contributed by atoms with van der Waals surface area (Å²) in [5, 5.41) is 18.1. The minimum Gasteiger partial charge on any atom is -0.593 e. The zero-order valence-corrected chi connectivity index (χ0v) is 20.5. The Balaban J connectivity index is 1.69. The van der Waals surface area contributed by atoms with Crippen molar-refractivity contribution >= 4 is 28.4 Å². The second-order valence-electron chi connectivity index (χ2n) is 8.55. The monoisotopic (exact) mass is 476 g/mol. The van der Waals surface area contributed by atoms with Gasteiger partial charge in [-0.05, 0) is 59.9 Å². The molecule has 176 valence electrons. The first-order chi connectivity index (χ1) is 16.3. The Morgan fingerprint density at radius 2 is 1.88 bits per heavy atom. The second kappa shape index (κ2) is 9.97. The normalized spacial score (nSPS) is 13.4. The Morgan fingerprint density at radius 1 is 1.15 bits per heavy atom. The molecule has 0 aliphatic rings. The fourth-order valence-electron chi connectivity index (χ4n) is 4.30. The molecule has 3 aromatic carbocycles. The molecule has 2 atom stereocenters. The van der Waals surface area contributed by atoms with Crippen molar-refractivity contribution in [2.45, 2.75) is 37.6 Å². The van der Waals surface area contributed by atoms with Crippen LogP contribution < -0.4 is 0 Å². The Bertz CT molecular complexity index is 1320. The molecule has 8 heteroatoms. The van der Waals surface area contributed by atoms with Gasteiger partial charge in [0.05, 0.1) is 29.8 Å². The van der Waals surface area contributed by atoms with Gasteiger partial charge >= 0.3 is 5.97 Å². The minimum absolute atomic E-state index is 0.0408. The van der Waals surface area contributed by atoms with Crippen LogP contribution in [0.4, 0.5) is 0 Å². The number of rotatable bonds is 8. The van der Waals surface area contributed by atoms with Gasteiger partial charge in [-0.1, -0.05) is 47.7 Å². The number of carboxylic acid groups (broad SMARTS) is 1. The maximum Gasteiger partial charge on any atom is 0.304 e. The Morgan fingerprint density at radius 3 is 2.59 bits per heavy atom. The van der Waals surface area contributed by atoms with Gasteiger partial charge in [-0.15, -0.1) is 9.40 Å². The number of fused-ring (bicyclic) bond motifs is 1. The third-order valence-electron chi connectivity index (χ3n) is 6.23. The quantitative estimate of drug-likeness (QED) is 0.380. The predicted octanol–water partition coefficient (Wildman–Crippen LogP) is 4.35. The third kappa shape index (κ3) is 4.84. The van der Waals surface area contributed by atoms with E-state index in [1.165, 1.54) is 0 Å². The van der Waals surface area contributed by atoms with Crippen LogP contribution in [0.15, 0.2) is 65.6 Å². The molecular formula is C26H28N4O3S. The Hall–Kier alpha value is -3.20. The number of carbonyl (C=O) groups is 1. The molecule has 0 bridgehead atoms. The van der Waals surface area contributed by atoms with Crippen LogP contribution in [0.25, 0.3) is 11.0 Å². The average Bonchev–Trinajstić information content (AvgIpc) is 3.21. The molecule has 0 fully saturated rings. The van der Waals surface area contributed by atoms with Gasteiger partial charge in [0.1, 0.15) is 5.52 Å². The zero-order valence-electron chi connectivity index (χ0n) is 19.7. The van der Waals surface area contributed by atoms with Crippen molar-refractivity contribution in [1.29, 1.82) is 0 Å². The predicted molar refractivity (Wildman–Crippen MR) is 133 cm³/mol. The molecule has 7 nitrogen and oxygen atoms in total. The summed E-state index contributed by atoms with van der Waals surface area (Å²) in [7, 11) is 3.67. The van der Waals surface area contributed by atoms with Crippen molar-refractivity contribution in [2.75, 3.05) is 7.05 Å². The highest BCUT2D eigenvalue weighted by molar-refractivity contribution is 7.89. The van der Waals surface area contributed by atoms with Gasteiger partial charge in [0.2, 0.25) is 0 Å². The summed E-state index contributed by atoms with van der Waals surface area (Å²) in [6.07, 6.45) is -0.0408. The van der Waals surface area contributed by atoms with E-state index in [9.17, 15) is 14.5 Å². The number of nitrogens with zero attached hydrogens (tertiary/aromatic N) is 4. The van der Waals surface area contributed by atoms with E-state index in [1.807, 2.05) is 88.6 Å². The smallest absolute Gasteiger partial charge is 0.304 e. The third-order valence-corrected chi connectivity index (χ3v) is 7.60. The van der Waals surface area contributed by atoms with Crippen molar-refractivity contribution in [2.24, 2.45) is 7.05 Å². The number of aromatic nitrogens is 3. The standard InChI is InChI=1S/C26H28N4O3S/c1-17-10-11-19(14-20(17)16-29(3)34(33)21-8-6-5-7-9-21)23(15-25(31)32)22-12-13-24-26(18(22)2)27-28-30(24)4/h5-14,23H,15-16H2,1-4H3,(H,31,32)/t23-,34?/m0/s1. The van der Waals surface area contributed by atoms with Crippen LogP contribution in [0.1, 0.15) is 40.2 Å². The number of hydrogen-bond acceptors (Lipinski definition) is 5. The van der Waals surface area contributed by atoms with Gasteiger partial charge in [0.15, 0.2) is 4.90 Å². The average molecular weight is 477 g/mol. The molecule has 34 heavy (non-hydrogen) atoms. The molecule has 0 saturated carbocycles. The van der Waals surface area contributed by atoms with Crippen LogP contribution >= 0.6 is 0 Å². The molecule has 4 aromatic rings. The fraction of sp³-hybridized carbons (Fsp3) is 0.269. The van der Waals surface area contributed by atoms with Crippen LogP contribution in [0.5, 0.6) is 0 Å². The molecule has 1 N–H and O–H groups in total. The number of aryl methyl sites for hydroxylation is 3. The Kier molecular flexibility index (Phi) is 7.02. The van der Waals surface area contributed by atoms with Crippen LogP contribution in [-0.4, -0.2) is 42.0 Å². The molecule has 0 aliphatic heterocycles. The van der Waals surface area contributed by atoms with E-state index in [0.717, 1.165) is 43.7 Å². The van der Waals surface area contributed by atoms with Crippen molar-refractivity contribution in [3.8, 4) is 0 Å². The summed E-state index contributed by atoms with van der Waals surface area (Å²) in [6.45, 7) is 4.46. The van der Waals surface area contributed by atoms with E-state index in [-0.39, 0.29) is 12.3 Å². The lowest BCUT2D eigenvalue weighted by Crippen LogP contribution is -2.27. The van der Waals surface area contributed by atoms with E-state index in [2.05, 4.69) is 10.3 Å². The van der Waals surface area contributed by atoms with Gasteiger partial charge in [-0.2, -0.15) is 0 Å². The van der Waals surface area contributed by atoms with Crippen molar-refractivity contribution < 1.29 is 14.5 Å². The minimum atomic E-state index is -1.29. The van der Waals surface area contributed by atoms with Crippen molar-refractivity contribution in [1.82, 2.24) is 19.3 Å². The van der Waals surface area contributed by atoms with Crippen LogP contribution in [0.2, 0.25) is 0 Å². The topological polar surface area (TPSA) is 94.3 Å². The van der Waals surface area contributed by atoms with Gasteiger partial charge < -0.3 is 9.66 Å². The molecular weight excluding hydrogens is 448 g/mol. The van der Waals surface area contributed by atoms with E-state index < -0.39 is 17.3 Å². The summed E-state index contributed by atoms with van der Waals surface area (Å²) >= 11 is -1.29. The molecule has 0 saturated heterocycles. The zero-order chi connectivity index (χ0) is 24.4. The maximum atomic E-state index is 13.0. The van der Waals surface area contributed by atoms with E-state index in [1.54, 1.807) is 8.99 Å². The summed E-state index contributed by atoms with van der Waals surface area (Å²) in [4.78, 5) is 12.6. The summed E-state index contributed by atoms with van der Waals surface area (Å²) in [5.41, 5.74) is 6.53. The highest BCUT2D eigenvalue weighted by Crippen LogP contribution is 2.34. The first-order valence-electron chi connectivity index (χ1n) is 11.0. The molecule has 1 unspecified atom stereocenters. The maximum absolute atomic E-state index is 13.0. The van der Waals surface area contributed by atoms with Gasteiger partial charge in [0, 0.05) is 20.0 Å². The second-order valence-corrected chi connectivity index (χ2v) is 10.1. The molecule has 0 amide bonds. The summed E-state index contributed by atoms with van der Waals surface area (Å²) in [6, 6.07) is 19.3. The number of aliphatic carboxylic acids is 1. The van der Waals surface area contributed by atoms with Gasteiger partial charge in [-0.3, -0.25) is 4.79 Å². The molecule has 4 rings (SSSR count). The lowest BCUT2D eigenvalue weighted by molar-refractivity contribution is -0.137. The summed E-state index contributed by atoms with van der Waals surface area (Å²) < 4.78 is 16.5. The van der Waals surface area contributed by atoms with E-state index in [4.69, 9.17) is 0 Å². The van der Waals surface area contributed by atoms with E-state index >= 15 is 0 Å².